The molecule has 0 bridgehead atoms. The van der Waals surface area contributed by atoms with E-state index in [9.17, 15) is 0 Å². The zero-order valence-corrected chi connectivity index (χ0v) is 8.88. The average molecular weight is 295 g/mol. The van der Waals surface area contributed by atoms with Crippen LogP contribution in [0.5, 0.6) is 0 Å². The molecule has 1 heterocycles. The average Bonchev–Trinajstić information content (AvgIpc) is 1.86. The van der Waals surface area contributed by atoms with E-state index in [2.05, 4.69) is 14.1 Å². The van der Waals surface area contributed by atoms with Crippen LogP contribution in [0.2, 0.25) is 10.6 Å². The molecule has 0 aromatic rings. The second-order valence-corrected chi connectivity index (χ2v) is 9.78. The third-order valence-electron chi connectivity index (χ3n) is 0.982. The minimum atomic E-state index is -0.127. The Kier molecular flexibility index (Phi) is 5.29. The summed E-state index contributed by atoms with van der Waals surface area (Å²) >= 11 is 3.54. The molecule has 0 spiro atoms. The second kappa shape index (κ2) is 4.37. The minimum Gasteiger partial charge on any atom is -1.00 e. The van der Waals surface area contributed by atoms with Crippen LogP contribution in [-0.2, 0) is 0 Å². The van der Waals surface area contributed by atoms with E-state index in [1.54, 1.807) is 0 Å². The van der Waals surface area contributed by atoms with Crippen molar-refractivity contribution in [2.75, 3.05) is 0 Å². The van der Waals surface area contributed by atoms with Gasteiger partial charge in [-0.1, -0.05) is 0 Å². The zero-order valence-electron chi connectivity index (χ0n) is 3.99. The minimum absolute atomic E-state index is 0. The Hall–Kier alpha value is 1.48. The first-order valence-corrected chi connectivity index (χ1v) is 8.67. The van der Waals surface area contributed by atoms with Crippen molar-refractivity contribution >= 4 is 26.2 Å². The second-order valence-electron chi connectivity index (χ2n) is 1.54. The van der Waals surface area contributed by atoms with Gasteiger partial charge in [-0.05, 0) is 0 Å². The molecule has 0 nitrogen and oxygen atoms in total. The molecule has 0 aromatic carbocycles. The van der Waals surface area contributed by atoms with Crippen LogP contribution in [0.1, 0.15) is 12.8 Å². The van der Waals surface area contributed by atoms with Crippen molar-refractivity contribution in [3.8, 4) is 0 Å². The van der Waals surface area contributed by atoms with E-state index >= 15 is 0 Å². The molecule has 0 N–H and O–H groups in total. The van der Waals surface area contributed by atoms with Crippen LogP contribution in [0, 0.1) is 0 Å². The third kappa shape index (κ3) is 3.12. The Morgan fingerprint density at radius 1 is 1.14 bits per heavy atom. The normalized spacial score (nSPS) is 21.9. The van der Waals surface area contributed by atoms with Crippen molar-refractivity contribution in [2.24, 2.45) is 0 Å². The maximum absolute atomic E-state index is 3.66. The van der Waals surface area contributed by atoms with Gasteiger partial charge in [0.25, 0.3) is 0 Å². The Bertz CT molecular complexity index is 43.0. The predicted octanol–water partition coefficient (Wildman–Crippen LogP) is -0.829. The van der Waals surface area contributed by atoms with Gasteiger partial charge in [-0.3, -0.25) is 0 Å². The summed E-state index contributed by atoms with van der Waals surface area (Å²) in [6, 6.07) is 0. The summed E-state index contributed by atoms with van der Waals surface area (Å²) in [4.78, 5) is 0. The molecule has 0 radical (unpaired) electrons. The van der Waals surface area contributed by atoms with Gasteiger partial charge in [0.1, 0.15) is 0 Å². The van der Waals surface area contributed by atoms with Gasteiger partial charge in [0, 0.05) is 0 Å². The third-order valence-corrected chi connectivity index (χ3v) is 7.42. The van der Waals surface area contributed by atoms with Crippen LogP contribution in [0.4, 0.5) is 0 Å². The molecule has 7 heavy (non-hydrogen) atoms. The van der Waals surface area contributed by atoms with Gasteiger partial charge >= 0.3 is 49.7 Å². The van der Waals surface area contributed by atoms with E-state index in [1.807, 2.05) is 0 Å². The number of halogens is 2. The van der Waals surface area contributed by atoms with Gasteiger partial charge in [0.15, 0.2) is 0 Å². The molecule has 1 rings (SSSR count). The van der Waals surface area contributed by atoms with Crippen LogP contribution < -0.4 is 17.0 Å². The van der Waals surface area contributed by atoms with E-state index in [-0.39, 0.29) is 29.1 Å². The Morgan fingerprint density at radius 3 is 1.71 bits per heavy atom. The summed E-state index contributed by atoms with van der Waals surface area (Å²) in [6.07, 6.45) is 2.99. The van der Waals surface area contributed by atoms with Crippen LogP contribution >= 0.6 is 14.1 Å². The van der Waals surface area contributed by atoms with Crippen LogP contribution in [0.3, 0.4) is 0 Å². The summed E-state index contributed by atoms with van der Waals surface area (Å²) in [5.74, 6) is 0. The van der Waals surface area contributed by atoms with Crippen molar-refractivity contribution in [3.63, 3.8) is 0 Å². The first-order valence-electron chi connectivity index (χ1n) is 2.23. The van der Waals surface area contributed by atoms with Gasteiger partial charge < -0.3 is 17.0 Å². The quantitative estimate of drug-likeness (QED) is 0.512. The first-order chi connectivity index (χ1) is 2.89. The van der Waals surface area contributed by atoms with Crippen molar-refractivity contribution < 1.29 is 17.0 Å². The maximum Gasteiger partial charge on any atom is -1.00 e. The fourth-order valence-corrected chi connectivity index (χ4v) is 5.60. The molecule has 44 valence electrons. The fraction of sp³-hybridized carbons (Fsp3) is 1.00. The fourth-order valence-electron chi connectivity index (χ4n) is 0.619. The van der Waals surface area contributed by atoms with E-state index < -0.39 is 0 Å². The maximum atomic E-state index is 3.66. The van der Waals surface area contributed by atoms with Crippen molar-refractivity contribution in [2.45, 2.75) is 23.5 Å². The molecule has 1 fully saturated rings. The van der Waals surface area contributed by atoms with E-state index in [1.165, 1.54) is 23.5 Å². The summed E-state index contributed by atoms with van der Waals surface area (Å²) in [5, 5.41) is 3.06. The molecule has 1 aliphatic heterocycles. The Morgan fingerprint density at radius 2 is 1.57 bits per heavy atom. The smallest absolute Gasteiger partial charge is 1.00 e. The molecule has 0 amide bonds. The first kappa shape index (κ1) is 8.48. The molecule has 1 saturated heterocycles. The summed E-state index contributed by atoms with van der Waals surface area (Å²) < 4.78 is 0. The Balaban J connectivity index is 0.000000360. The number of hydrogen-bond donors (Lipinski definition) is 0. The van der Waals surface area contributed by atoms with Gasteiger partial charge in [-0.2, -0.15) is 0 Å². The van der Waals surface area contributed by atoms with Crippen LogP contribution in [0.25, 0.3) is 0 Å². The SMILES string of the molecule is Br[Se+]1CCCC1.[Br-]. The van der Waals surface area contributed by atoms with E-state index in [4.69, 9.17) is 0 Å². The van der Waals surface area contributed by atoms with Crippen molar-refractivity contribution in [3.05, 3.63) is 0 Å². The molecular formula is C4H8Br2Se. The molecule has 1 aliphatic rings. The molecule has 0 unspecified atom stereocenters. The van der Waals surface area contributed by atoms with E-state index in [0.29, 0.717) is 0 Å². The van der Waals surface area contributed by atoms with Gasteiger partial charge in [0.2, 0.25) is 0 Å². The van der Waals surface area contributed by atoms with Crippen molar-refractivity contribution in [1.82, 2.24) is 0 Å². The molecule has 0 atom stereocenters. The largest absolute Gasteiger partial charge is 1.00 e. The Labute approximate surface area is 66.4 Å². The summed E-state index contributed by atoms with van der Waals surface area (Å²) in [7, 11) is 0. The summed E-state index contributed by atoms with van der Waals surface area (Å²) in [6.45, 7) is 0. The van der Waals surface area contributed by atoms with Crippen LogP contribution in [0.15, 0.2) is 0 Å². The molecule has 0 aromatic heterocycles. The monoisotopic (exact) mass is 294 g/mol. The number of rotatable bonds is 0. The zero-order chi connectivity index (χ0) is 4.41. The van der Waals surface area contributed by atoms with Gasteiger partial charge in [-0.25, -0.2) is 0 Å². The van der Waals surface area contributed by atoms with Crippen molar-refractivity contribution in [1.29, 1.82) is 0 Å². The molecular weight excluding hydrogens is 287 g/mol. The van der Waals surface area contributed by atoms with E-state index in [0.717, 1.165) is 0 Å². The molecule has 0 aliphatic carbocycles. The number of hydrogen-bond acceptors (Lipinski definition) is 0. The topological polar surface area (TPSA) is 0 Å². The standard InChI is InChI=1S/C4H8BrSe.BrH/c5-6-3-1-2-4-6;/h1-4H2;1H/q+1;/p-1. The van der Waals surface area contributed by atoms with Gasteiger partial charge in [-0.15, -0.1) is 0 Å². The van der Waals surface area contributed by atoms with Gasteiger partial charge in [0.05, 0.1) is 0 Å². The summed E-state index contributed by atoms with van der Waals surface area (Å²) in [5.41, 5.74) is 0. The van der Waals surface area contributed by atoms with Crippen LogP contribution in [-0.4, -0.2) is 12.1 Å². The predicted molar refractivity (Wildman–Crippen MR) is 33.5 cm³/mol. The molecule has 0 saturated carbocycles. The molecule has 3 heteroatoms.